The first-order valence-electron chi connectivity index (χ1n) is 7.27. The third kappa shape index (κ3) is 4.17. The number of carbonyl (C=O) groups excluding carboxylic acids is 1. The van der Waals surface area contributed by atoms with Gasteiger partial charge < -0.3 is 9.57 Å². The van der Waals surface area contributed by atoms with Crippen LogP contribution in [0, 0.1) is 5.92 Å². The van der Waals surface area contributed by atoms with Gasteiger partial charge in [-0.25, -0.2) is 0 Å². The van der Waals surface area contributed by atoms with E-state index in [9.17, 15) is 4.79 Å². The fraction of sp³-hybridized carbons (Fsp3) is 0.500. The Kier molecular flexibility index (Phi) is 4.83. The van der Waals surface area contributed by atoms with Crippen molar-refractivity contribution in [1.29, 1.82) is 0 Å². The van der Waals surface area contributed by atoms with Gasteiger partial charge >= 0.3 is 5.97 Å². The quantitative estimate of drug-likeness (QED) is 0.633. The lowest BCUT2D eigenvalue weighted by Crippen LogP contribution is -2.38. The van der Waals surface area contributed by atoms with E-state index in [0.29, 0.717) is 12.1 Å². The number of rotatable bonds is 4. The van der Waals surface area contributed by atoms with Gasteiger partial charge in [-0.3, -0.25) is 4.79 Å². The molecule has 0 radical (unpaired) electrons. The molecule has 1 heterocycles. The van der Waals surface area contributed by atoms with Crippen LogP contribution in [-0.4, -0.2) is 33.0 Å². The second-order valence-electron chi connectivity index (χ2n) is 6.65. The third-order valence-electron chi connectivity index (χ3n) is 3.52. The van der Waals surface area contributed by atoms with E-state index in [1.165, 1.54) is 7.11 Å². The normalized spacial score (nSPS) is 22.2. The topological polar surface area (TPSA) is 47.9 Å². The molecular weight excluding hydrogens is 282 g/mol. The molecule has 5 heteroatoms. The van der Waals surface area contributed by atoms with Gasteiger partial charge in [0, 0.05) is 20.1 Å². The Morgan fingerprint density at radius 3 is 2.57 bits per heavy atom. The first-order valence-corrected chi connectivity index (χ1v) is 11.0. The Balaban J connectivity index is 2.25. The molecule has 0 spiro atoms. The van der Waals surface area contributed by atoms with Crippen LogP contribution in [0.15, 0.2) is 35.5 Å². The van der Waals surface area contributed by atoms with Gasteiger partial charge in [-0.05, 0) is 6.04 Å². The Labute approximate surface area is 127 Å². The summed E-state index contributed by atoms with van der Waals surface area (Å²) in [6.07, 6.45) is 0.651. The molecule has 1 aliphatic heterocycles. The zero-order valence-corrected chi connectivity index (χ0v) is 14.1. The minimum Gasteiger partial charge on any atom is -0.469 e. The Bertz CT molecular complexity index is 522. The molecule has 4 nitrogen and oxygen atoms in total. The van der Waals surface area contributed by atoms with Gasteiger partial charge in [-0.15, -0.1) is 0 Å². The molecule has 0 aromatic heterocycles. The second kappa shape index (κ2) is 6.43. The highest BCUT2D eigenvalue weighted by Gasteiger charge is 2.36. The Morgan fingerprint density at radius 1 is 1.33 bits per heavy atom. The summed E-state index contributed by atoms with van der Waals surface area (Å²) in [4.78, 5) is 17.8. The maximum atomic E-state index is 12.1. The lowest BCUT2D eigenvalue weighted by atomic mass is 9.91. The molecule has 114 valence electrons. The number of carbonyl (C=O) groups is 1. The average molecular weight is 305 g/mol. The van der Waals surface area contributed by atoms with E-state index in [4.69, 9.17) is 9.57 Å². The standard InChI is InChI=1S/C16H23NO3Si/c1-19-16(18)14-10-13(11-21(2,3)4)20-17-15(14)12-8-6-5-7-9-12/h5-9,13-14H,10-11H2,1-4H3/t13-,14-/m1/s1. The van der Waals surface area contributed by atoms with Crippen molar-refractivity contribution in [2.45, 2.75) is 38.2 Å². The van der Waals surface area contributed by atoms with Gasteiger partial charge in [0.25, 0.3) is 0 Å². The van der Waals surface area contributed by atoms with E-state index in [0.717, 1.165) is 11.6 Å². The van der Waals surface area contributed by atoms with Crippen molar-refractivity contribution in [2.24, 2.45) is 11.1 Å². The molecule has 1 aromatic rings. The molecule has 0 saturated heterocycles. The van der Waals surface area contributed by atoms with E-state index < -0.39 is 8.07 Å². The third-order valence-corrected chi connectivity index (χ3v) is 5.20. The predicted molar refractivity (Wildman–Crippen MR) is 86.1 cm³/mol. The van der Waals surface area contributed by atoms with Crippen LogP contribution in [0.4, 0.5) is 0 Å². The average Bonchev–Trinajstić information content (AvgIpc) is 2.45. The summed E-state index contributed by atoms with van der Waals surface area (Å²) < 4.78 is 4.96. The number of methoxy groups -OCH3 is 1. The molecule has 21 heavy (non-hydrogen) atoms. The van der Waals surface area contributed by atoms with E-state index in [2.05, 4.69) is 24.8 Å². The van der Waals surface area contributed by atoms with Crippen LogP contribution in [-0.2, 0) is 14.4 Å². The van der Waals surface area contributed by atoms with Crippen LogP contribution in [0.5, 0.6) is 0 Å². The molecule has 2 atom stereocenters. The van der Waals surface area contributed by atoms with E-state index in [1.54, 1.807) is 0 Å². The number of hydrogen-bond donors (Lipinski definition) is 0. The van der Waals surface area contributed by atoms with Crippen LogP contribution in [0.1, 0.15) is 12.0 Å². The number of esters is 1. The molecular formula is C16H23NO3Si. The Hall–Kier alpha value is -1.62. The highest BCUT2D eigenvalue weighted by atomic mass is 28.3. The summed E-state index contributed by atoms with van der Waals surface area (Å²) in [5, 5.41) is 4.25. The number of benzene rings is 1. The molecule has 0 N–H and O–H groups in total. The molecule has 2 rings (SSSR count). The minimum atomic E-state index is -1.27. The van der Waals surface area contributed by atoms with Crippen LogP contribution < -0.4 is 0 Å². The predicted octanol–water partition coefficient (Wildman–Crippen LogP) is 3.31. The molecule has 0 bridgehead atoms. The van der Waals surface area contributed by atoms with Crippen LogP contribution >= 0.6 is 0 Å². The molecule has 1 aromatic carbocycles. The number of oxime groups is 1. The number of ether oxygens (including phenoxy) is 1. The van der Waals surface area contributed by atoms with E-state index in [-0.39, 0.29) is 18.0 Å². The van der Waals surface area contributed by atoms with Gasteiger partial charge in [0.2, 0.25) is 0 Å². The van der Waals surface area contributed by atoms with Gasteiger partial charge in [0.15, 0.2) is 0 Å². The largest absolute Gasteiger partial charge is 0.469 e. The van der Waals surface area contributed by atoms with Crippen molar-refractivity contribution < 1.29 is 14.4 Å². The monoisotopic (exact) mass is 305 g/mol. The van der Waals surface area contributed by atoms with Gasteiger partial charge in [0.1, 0.15) is 17.7 Å². The van der Waals surface area contributed by atoms with Crippen LogP contribution in [0.3, 0.4) is 0 Å². The van der Waals surface area contributed by atoms with Gasteiger partial charge in [-0.2, -0.15) is 0 Å². The Morgan fingerprint density at radius 2 is 2.00 bits per heavy atom. The second-order valence-corrected chi connectivity index (χ2v) is 12.2. The number of hydrogen-bond acceptors (Lipinski definition) is 4. The van der Waals surface area contributed by atoms with Crippen molar-refractivity contribution in [3.63, 3.8) is 0 Å². The molecule has 0 saturated carbocycles. The lowest BCUT2D eigenvalue weighted by Gasteiger charge is -2.30. The first kappa shape index (κ1) is 15.8. The molecule has 0 fully saturated rings. The summed E-state index contributed by atoms with van der Waals surface area (Å²) >= 11 is 0. The molecule has 0 aliphatic carbocycles. The SMILES string of the molecule is COC(=O)[C@@H]1C[C@H](C[Si](C)(C)C)ON=C1c1ccccc1. The highest BCUT2D eigenvalue weighted by Crippen LogP contribution is 2.28. The van der Waals surface area contributed by atoms with Crippen molar-refractivity contribution in [2.75, 3.05) is 7.11 Å². The highest BCUT2D eigenvalue weighted by molar-refractivity contribution is 6.76. The summed E-state index contributed by atoms with van der Waals surface area (Å²) in [5.41, 5.74) is 1.59. The smallest absolute Gasteiger partial charge is 0.315 e. The minimum absolute atomic E-state index is 0.00762. The van der Waals surface area contributed by atoms with Crippen LogP contribution in [0.2, 0.25) is 25.7 Å². The maximum Gasteiger partial charge on any atom is 0.315 e. The van der Waals surface area contributed by atoms with Crippen molar-refractivity contribution in [3.05, 3.63) is 35.9 Å². The molecule has 0 unspecified atom stereocenters. The van der Waals surface area contributed by atoms with Crippen molar-refractivity contribution >= 4 is 19.8 Å². The summed E-state index contributed by atoms with van der Waals surface area (Å²) in [7, 11) is 0.158. The zero-order chi connectivity index (χ0) is 15.5. The molecule has 1 aliphatic rings. The summed E-state index contributed by atoms with van der Waals surface area (Å²) in [5.74, 6) is -0.575. The zero-order valence-electron chi connectivity index (χ0n) is 13.1. The van der Waals surface area contributed by atoms with Crippen LogP contribution in [0.25, 0.3) is 0 Å². The summed E-state index contributed by atoms with van der Waals surface area (Å²) in [6, 6.07) is 10.7. The number of nitrogens with zero attached hydrogens (tertiary/aromatic N) is 1. The van der Waals surface area contributed by atoms with Gasteiger partial charge in [-0.1, -0.05) is 55.1 Å². The van der Waals surface area contributed by atoms with Crippen molar-refractivity contribution in [1.82, 2.24) is 0 Å². The fourth-order valence-electron chi connectivity index (χ4n) is 2.63. The fourth-order valence-corrected chi connectivity index (χ4v) is 4.24. The van der Waals surface area contributed by atoms with Gasteiger partial charge in [0.05, 0.1) is 7.11 Å². The maximum absolute atomic E-state index is 12.1. The van der Waals surface area contributed by atoms with E-state index >= 15 is 0 Å². The lowest BCUT2D eigenvalue weighted by molar-refractivity contribution is -0.144. The van der Waals surface area contributed by atoms with Crippen molar-refractivity contribution in [3.8, 4) is 0 Å². The summed E-state index contributed by atoms with van der Waals surface area (Å²) in [6.45, 7) is 6.87. The van der Waals surface area contributed by atoms with E-state index in [1.807, 2.05) is 30.3 Å². The first-order chi connectivity index (χ1) is 9.90. The molecule has 0 amide bonds.